The van der Waals surface area contributed by atoms with Gasteiger partial charge in [0.2, 0.25) is 0 Å². The minimum Gasteiger partial charge on any atom is -0.508 e. The van der Waals surface area contributed by atoms with Crippen molar-refractivity contribution in [3.05, 3.63) is 30.5 Å². The topological polar surface area (TPSA) is 50.9 Å². The fourth-order valence-electron chi connectivity index (χ4n) is 1.11. The number of rotatable bonds is 1. The Hall–Kier alpha value is -1.84. The van der Waals surface area contributed by atoms with Gasteiger partial charge in [-0.25, -0.2) is 0 Å². The maximum absolute atomic E-state index is 9.07. The molecule has 4 nitrogen and oxygen atoms in total. The van der Waals surface area contributed by atoms with Crippen molar-refractivity contribution in [1.29, 1.82) is 0 Å². The lowest BCUT2D eigenvalue weighted by Crippen LogP contribution is -1.85. The Balaban J connectivity index is 2.41. The second kappa shape index (κ2) is 2.90. The Morgan fingerprint density at radius 1 is 1.23 bits per heavy atom. The normalized spacial score (nSPS) is 10.2. The summed E-state index contributed by atoms with van der Waals surface area (Å²) in [6.45, 7) is 0. The van der Waals surface area contributed by atoms with Gasteiger partial charge < -0.3 is 5.11 Å². The van der Waals surface area contributed by atoms with Crippen molar-refractivity contribution in [2.45, 2.75) is 0 Å². The summed E-state index contributed by atoms with van der Waals surface area (Å²) in [5.41, 5.74) is 1.76. The first kappa shape index (κ1) is 7.79. The van der Waals surface area contributed by atoms with Crippen molar-refractivity contribution < 1.29 is 5.11 Å². The molecule has 4 heteroatoms. The first-order valence-corrected chi connectivity index (χ1v) is 3.91. The lowest BCUT2D eigenvalue weighted by atomic mass is 10.2. The van der Waals surface area contributed by atoms with E-state index in [2.05, 4.69) is 10.3 Å². The van der Waals surface area contributed by atoms with Crippen molar-refractivity contribution in [2.24, 2.45) is 7.05 Å². The van der Waals surface area contributed by atoms with Crippen LogP contribution in [0.4, 0.5) is 0 Å². The summed E-state index contributed by atoms with van der Waals surface area (Å²) in [5, 5.41) is 16.8. The average Bonchev–Trinajstić information content (AvgIpc) is 2.53. The van der Waals surface area contributed by atoms with E-state index in [1.807, 2.05) is 13.2 Å². The van der Waals surface area contributed by atoms with Crippen LogP contribution < -0.4 is 0 Å². The minimum atomic E-state index is 0.257. The standard InChI is InChI=1S/C9H9N3O/c1-12-6-9(10-11-12)7-2-4-8(13)5-3-7/h2-6,13H,1H3. The van der Waals surface area contributed by atoms with E-state index in [4.69, 9.17) is 5.11 Å². The van der Waals surface area contributed by atoms with Gasteiger partial charge in [-0.2, -0.15) is 0 Å². The highest BCUT2D eigenvalue weighted by Gasteiger charge is 2.00. The Labute approximate surface area is 75.4 Å². The highest BCUT2D eigenvalue weighted by Crippen LogP contribution is 2.18. The van der Waals surface area contributed by atoms with E-state index in [0.717, 1.165) is 11.3 Å². The molecule has 1 aromatic heterocycles. The second-order valence-corrected chi connectivity index (χ2v) is 2.82. The molecule has 0 amide bonds. The highest BCUT2D eigenvalue weighted by molar-refractivity contribution is 5.58. The van der Waals surface area contributed by atoms with Crippen LogP contribution in [-0.2, 0) is 7.05 Å². The fourth-order valence-corrected chi connectivity index (χ4v) is 1.11. The number of hydrogen-bond donors (Lipinski definition) is 1. The zero-order chi connectivity index (χ0) is 9.26. The number of nitrogens with zero attached hydrogens (tertiary/aromatic N) is 3. The van der Waals surface area contributed by atoms with Gasteiger partial charge in [-0.15, -0.1) is 5.10 Å². The molecule has 13 heavy (non-hydrogen) atoms. The third-order valence-corrected chi connectivity index (χ3v) is 1.77. The molecule has 0 saturated heterocycles. The molecule has 2 aromatic rings. The van der Waals surface area contributed by atoms with Crippen molar-refractivity contribution >= 4 is 0 Å². The number of aromatic hydroxyl groups is 1. The van der Waals surface area contributed by atoms with Gasteiger partial charge in [0.15, 0.2) is 0 Å². The molecular formula is C9H9N3O. The van der Waals surface area contributed by atoms with Gasteiger partial charge in [0, 0.05) is 12.6 Å². The number of aromatic nitrogens is 3. The van der Waals surface area contributed by atoms with Gasteiger partial charge in [0.05, 0.1) is 6.20 Å². The van der Waals surface area contributed by atoms with Crippen LogP contribution in [0.5, 0.6) is 5.75 Å². The molecular weight excluding hydrogens is 166 g/mol. The van der Waals surface area contributed by atoms with E-state index < -0.39 is 0 Å². The molecule has 1 heterocycles. The number of benzene rings is 1. The molecule has 0 aliphatic carbocycles. The van der Waals surface area contributed by atoms with Crippen LogP contribution in [-0.4, -0.2) is 20.1 Å². The Kier molecular flexibility index (Phi) is 1.73. The van der Waals surface area contributed by atoms with Crippen molar-refractivity contribution in [1.82, 2.24) is 15.0 Å². The average molecular weight is 175 g/mol. The molecule has 0 radical (unpaired) electrons. The van der Waals surface area contributed by atoms with Crippen LogP contribution in [0, 0.1) is 0 Å². The second-order valence-electron chi connectivity index (χ2n) is 2.82. The van der Waals surface area contributed by atoms with Gasteiger partial charge in [-0.3, -0.25) is 4.68 Å². The molecule has 1 N–H and O–H groups in total. The highest BCUT2D eigenvalue weighted by atomic mass is 16.3. The Bertz CT molecular complexity index is 405. The maximum atomic E-state index is 9.07. The largest absolute Gasteiger partial charge is 0.508 e. The predicted octanol–water partition coefficient (Wildman–Crippen LogP) is 1.19. The van der Waals surface area contributed by atoms with Crippen molar-refractivity contribution in [3.63, 3.8) is 0 Å². The number of aryl methyl sites for hydroxylation is 1. The van der Waals surface area contributed by atoms with Crippen LogP contribution in [0.2, 0.25) is 0 Å². The summed E-state index contributed by atoms with van der Waals surface area (Å²) in [5.74, 6) is 0.257. The molecule has 2 rings (SSSR count). The minimum absolute atomic E-state index is 0.257. The zero-order valence-electron chi connectivity index (χ0n) is 7.18. The Morgan fingerprint density at radius 2 is 1.92 bits per heavy atom. The maximum Gasteiger partial charge on any atom is 0.115 e. The molecule has 0 fully saturated rings. The van der Waals surface area contributed by atoms with Crippen LogP contribution in [0.25, 0.3) is 11.3 Å². The molecule has 1 aromatic carbocycles. The smallest absolute Gasteiger partial charge is 0.115 e. The van der Waals surface area contributed by atoms with E-state index in [9.17, 15) is 0 Å². The van der Waals surface area contributed by atoms with Crippen LogP contribution in [0.15, 0.2) is 30.5 Å². The number of hydrogen-bond acceptors (Lipinski definition) is 3. The summed E-state index contributed by atoms with van der Waals surface area (Å²) in [7, 11) is 1.82. The summed E-state index contributed by atoms with van der Waals surface area (Å²) in [4.78, 5) is 0. The van der Waals surface area contributed by atoms with Gasteiger partial charge in [0.1, 0.15) is 11.4 Å². The fraction of sp³-hybridized carbons (Fsp3) is 0.111. The molecule has 0 spiro atoms. The first-order chi connectivity index (χ1) is 6.25. The third-order valence-electron chi connectivity index (χ3n) is 1.77. The van der Waals surface area contributed by atoms with Crippen LogP contribution in [0.3, 0.4) is 0 Å². The van der Waals surface area contributed by atoms with Crippen molar-refractivity contribution in [3.8, 4) is 17.0 Å². The Morgan fingerprint density at radius 3 is 2.46 bits per heavy atom. The van der Waals surface area contributed by atoms with E-state index >= 15 is 0 Å². The molecule has 0 atom stereocenters. The molecule has 66 valence electrons. The molecule has 0 unspecified atom stereocenters. The summed E-state index contributed by atoms with van der Waals surface area (Å²) < 4.78 is 1.64. The number of phenolic OH excluding ortho intramolecular Hbond substituents is 1. The van der Waals surface area contributed by atoms with Gasteiger partial charge in [-0.1, -0.05) is 5.21 Å². The monoisotopic (exact) mass is 175 g/mol. The van der Waals surface area contributed by atoms with Crippen LogP contribution >= 0.6 is 0 Å². The SMILES string of the molecule is Cn1cc(-c2ccc(O)cc2)nn1. The third kappa shape index (κ3) is 1.51. The van der Waals surface area contributed by atoms with E-state index in [0.29, 0.717) is 0 Å². The van der Waals surface area contributed by atoms with Gasteiger partial charge >= 0.3 is 0 Å². The van der Waals surface area contributed by atoms with E-state index in [1.165, 1.54) is 0 Å². The van der Waals surface area contributed by atoms with E-state index in [1.54, 1.807) is 28.9 Å². The van der Waals surface area contributed by atoms with Crippen molar-refractivity contribution in [2.75, 3.05) is 0 Å². The van der Waals surface area contributed by atoms with Crippen LogP contribution in [0.1, 0.15) is 0 Å². The molecule has 0 saturated carbocycles. The lowest BCUT2D eigenvalue weighted by Gasteiger charge is -1.94. The quantitative estimate of drug-likeness (QED) is 0.708. The predicted molar refractivity (Wildman–Crippen MR) is 48.1 cm³/mol. The molecule has 0 aliphatic heterocycles. The molecule has 0 bridgehead atoms. The lowest BCUT2D eigenvalue weighted by molar-refractivity contribution is 0.475. The summed E-state index contributed by atoms with van der Waals surface area (Å²) in [6.07, 6.45) is 1.83. The summed E-state index contributed by atoms with van der Waals surface area (Å²) in [6, 6.07) is 6.87. The zero-order valence-corrected chi connectivity index (χ0v) is 7.18. The first-order valence-electron chi connectivity index (χ1n) is 3.91. The van der Waals surface area contributed by atoms with E-state index in [-0.39, 0.29) is 5.75 Å². The van der Waals surface area contributed by atoms with Gasteiger partial charge in [0.25, 0.3) is 0 Å². The van der Waals surface area contributed by atoms with Gasteiger partial charge in [-0.05, 0) is 24.3 Å². The molecule has 0 aliphatic rings. The number of phenols is 1. The summed E-state index contributed by atoms with van der Waals surface area (Å²) >= 11 is 0.